The molecule has 3 heteroatoms. The Labute approximate surface area is 61.8 Å². The third-order valence-electron chi connectivity index (χ3n) is 0.960. The SMILES string of the molecule is CC(=O)OCCNC(C)C. The minimum absolute atomic E-state index is 0.217. The van der Waals surface area contributed by atoms with Gasteiger partial charge in [-0.25, -0.2) is 0 Å². The summed E-state index contributed by atoms with van der Waals surface area (Å²) in [5.41, 5.74) is 0. The second kappa shape index (κ2) is 5.23. The first-order chi connectivity index (χ1) is 4.63. The molecule has 3 nitrogen and oxygen atoms in total. The van der Waals surface area contributed by atoms with Crippen LogP contribution in [0.3, 0.4) is 0 Å². The lowest BCUT2D eigenvalue weighted by molar-refractivity contribution is -0.140. The van der Waals surface area contributed by atoms with E-state index in [0.717, 1.165) is 6.54 Å². The maximum absolute atomic E-state index is 10.2. The number of carbonyl (C=O) groups is 1. The molecule has 0 aliphatic rings. The van der Waals surface area contributed by atoms with Gasteiger partial charge in [-0.2, -0.15) is 0 Å². The van der Waals surface area contributed by atoms with Crippen LogP contribution in [0.15, 0.2) is 0 Å². The highest BCUT2D eigenvalue weighted by atomic mass is 16.5. The van der Waals surface area contributed by atoms with Crippen molar-refractivity contribution in [2.75, 3.05) is 13.2 Å². The van der Waals surface area contributed by atoms with Gasteiger partial charge in [0.1, 0.15) is 6.61 Å². The zero-order chi connectivity index (χ0) is 7.98. The van der Waals surface area contributed by atoms with Crippen LogP contribution in [0.2, 0.25) is 0 Å². The van der Waals surface area contributed by atoms with E-state index < -0.39 is 0 Å². The molecule has 0 aromatic carbocycles. The molecule has 0 saturated carbocycles. The first-order valence-corrected chi connectivity index (χ1v) is 3.49. The standard InChI is InChI=1S/C7H15NO2/c1-6(2)8-4-5-10-7(3)9/h6,8H,4-5H2,1-3H3. The van der Waals surface area contributed by atoms with Gasteiger partial charge in [-0.1, -0.05) is 13.8 Å². The molecule has 1 N–H and O–H groups in total. The highest BCUT2D eigenvalue weighted by molar-refractivity contribution is 5.65. The van der Waals surface area contributed by atoms with E-state index in [4.69, 9.17) is 4.74 Å². The summed E-state index contributed by atoms with van der Waals surface area (Å²) in [5, 5.41) is 3.12. The molecule has 0 amide bonds. The molecule has 0 heterocycles. The largest absolute Gasteiger partial charge is 0.465 e. The molecule has 0 bridgehead atoms. The molecule has 0 rings (SSSR count). The maximum atomic E-state index is 10.2. The number of ether oxygens (including phenoxy) is 1. The number of rotatable bonds is 4. The van der Waals surface area contributed by atoms with Gasteiger partial charge >= 0.3 is 5.97 Å². The molecule has 0 atom stereocenters. The highest BCUT2D eigenvalue weighted by Crippen LogP contribution is 1.77. The predicted molar refractivity (Wildman–Crippen MR) is 39.8 cm³/mol. The Balaban J connectivity index is 2.98. The predicted octanol–water partition coefficient (Wildman–Crippen LogP) is 0.547. The molecule has 60 valence electrons. The van der Waals surface area contributed by atoms with Crippen LogP contribution in [-0.4, -0.2) is 25.2 Å². The average Bonchev–Trinajstić information content (AvgIpc) is 1.79. The fraction of sp³-hybridized carbons (Fsp3) is 0.857. The molecule has 0 spiro atoms. The molecule has 0 radical (unpaired) electrons. The maximum Gasteiger partial charge on any atom is 0.302 e. The summed E-state index contributed by atoms with van der Waals surface area (Å²) < 4.78 is 4.69. The van der Waals surface area contributed by atoms with E-state index in [1.807, 2.05) is 13.8 Å². The van der Waals surface area contributed by atoms with Crippen LogP contribution in [-0.2, 0) is 9.53 Å². The van der Waals surface area contributed by atoms with Gasteiger partial charge in [0, 0.05) is 19.5 Å². The van der Waals surface area contributed by atoms with Crippen molar-refractivity contribution in [2.24, 2.45) is 0 Å². The molecule has 0 unspecified atom stereocenters. The lowest BCUT2D eigenvalue weighted by Gasteiger charge is -2.06. The Kier molecular flexibility index (Phi) is 4.94. The topological polar surface area (TPSA) is 38.3 Å². The van der Waals surface area contributed by atoms with Gasteiger partial charge in [0.15, 0.2) is 0 Å². The summed E-state index contributed by atoms with van der Waals surface area (Å²) in [6.45, 7) is 6.71. The molecular formula is C7H15NO2. The number of hydrogen-bond donors (Lipinski definition) is 1. The lowest BCUT2D eigenvalue weighted by atomic mass is 10.4. The lowest BCUT2D eigenvalue weighted by Crippen LogP contribution is -2.27. The number of nitrogens with one attached hydrogen (secondary N) is 1. The van der Waals surface area contributed by atoms with E-state index >= 15 is 0 Å². The molecular weight excluding hydrogens is 130 g/mol. The number of esters is 1. The zero-order valence-corrected chi connectivity index (χ0v) is 6.81. The Bertz CT molecular complexity index is 102. The van der Waals surface area contributed by atoms with Crippen molar-refractivity contribution in [3.05, 3.63) is 0 Å². The van der Waals surface area contributed by atoms with Crippen molar-refractivity contribution in [3.63, 3.8) is 0 Å². The fourth-order valence-corrected chi connectivity index (χ4v) is 0.542. The second-order valence-corrected chi connectivity index (χ2v) is 2.45. The molecule has 0 aromatic rings. The molecule has 0 aliphatic carbocycles. The Morgan fingerprint density at radius 2 is 2.20 bits per heavy atom. The van der Waals surface area contributed by atoms with E-state index in [1.54, 1.807) is 0 Å². The van der Waals surface area contributed by atoms with E-state index in [2.05, 4.69) is 5.32 Å². The normalized spacial score (nSPS) is 10.0. The first kappa shape index (κ1) is 9.43. The third-order valence-corrected chi connectivity index (χ3v) is 0.960. The van der Waals surface area contributed by atoms with Crippen molar-refractivity contribution < 1.29 is 9.53 Å². The van der Waals surface area contributed by atoms with Crippen LogP contribution in [0.5, 0.6) is 0 Å². The second-order valence-electron chi connectivity index (χ2n) is 2.45. The van der Waals surface area contributed by atoms with Crippen LogP contribution < -0.4 is 5.32 Å². The van der Waals surface area contributed by atoms with Crippen molar-refractivity contribution in [3.8, 4) is 0 Å². The van der Waals surface area contributed by atoms with Crippen LogP contribution in [0, 0.1) is 0 Å². The van der Waals surface area contributed by atoms with E-state index in [0.29, 0.717) is 12.6 Å². The molecule has 10 heavy (non-hydrogen) atoms. The highest BCUT2D eigenvalue weighted by Gasteiger charge is 1.93. The minimum Gasteiger partial charge on any atom is -0.465 e. The van der Waals surface area contributed by atoms with Crippen molar-refractivity contribution in [1.82, 2.24) is 5.32 Å². The van der Waals surface area contributed by atoms with Crippen LogP contribution in [0.4, 0.5) is 0 Å². The van der Waals surface area contributed by atoms with Crippen LogP contribution in [0.1, 0.15) is 20.8 Å². The van der Waals surface area contributed by atoms with Crippen molar-refractivity contribution in [2.45, 2.75) is 26.8 Å². The van der Waals surface area contributed by atoms with Gasteiger partial charge in [-0.05, 0) is 0 Å². The average molecular weight is 145 g/mol. The fourth-order valence-electron chi connectivity index (χ4n) is 0.542. The summed E-state index contributed by atoms with van der Waals surface area (Å²) in [4.78, 5) is 10.2. The molecule has 0 aromatic heterocycles. The van der Waals surface area contributed by atoms with E-state index in [-0.39, 0.29) is 5.97 Å². The van der Waals surface area contributed by atoms with Gasteiger partial charge in [0.05, 0.1) is 0 Å². The number of carbonyl (C=O) groups excluding carboxylic acids is 1. The Morgan fingerprint density at radius 3 is 2.60 bits per heavy atom. The van der Waals surface area contributed by atoms with Crippen LogP contribution in [0.25, 0.3) is 0 Å². The molecule has 0 saturated heterocycles. The van der Waals surface area contributed by atoms with Crippen molar-refractivity contribution in [1.29, 1.82) is 0 Å². The van der Waals surface area contributed by atoms with Gasteiger partial charge in [0.25, 0.3) is 0 Å². The molecule has 0 aliphatic heterocycles. The summed E-state index contributed by atoms with van der Waals surface area (Å²) in [6.07, 6.45) is 0. The summed E-state index contributed by atoms with van der Waals surface area (Å²) in [6, 6.07) is 0.454. The Hall–Kier alpha value is -0.570. The zero-order valence-electron chi connectivity index (χ0n) is 6.81. The minimum atomic E-state index is -0.217. The van der Waals surface area contributed by atoms with Crippen LogP contribution >= 0.6 is 0 Å². The smallest absolute Gasteiger partial charge is 0.302 e. The molecule has 0 fully saturated rings. The Morgan fingerprint density at radius 1 is 1.60 bits per heavy atom. The van der Waals surface area contributed by atoms with E-state index in [9.17, 15) is 4.79 Å². The van der Waals surface area contributed by atoms with Gasteiger partial charge in [-0.15, -0.1) is 0 Å². The summed E-state index contributed by atoms with van der Waals surface area (Å²) >= 11 is 0. The summed E-state index contributed by atoms with van der Waals surface area (Å²) in [7, 11) is 0. The van der Waals surface area contributed by atoms with Gasteiger partial charge in [-0.3, -0.25) is 4.79 Å². The third kappa shape index (κ3) is 7.43. The van der Waals surface area contributed by atoms with Gasteiger partial charge < -0.3 is 10.1 Å². The quantitative estimate of drug-likeness (QED) is 0.463. The summed E-state index contributed by atoms with van der Waals surface area (Å²) in [5.74, 6) is -0.217. The van der Waals surface area contributed by atoms with E-state index in [1.165, 1.54) is 6.92 Å². The number of hydrogen-bond acceptors (Lipinski definition) is 3. The van der Waals surface area contributed by atoms with Gasteiger partial charge in [0.2, 0.25) is 0 Å². The first-order valence-electron chi connectivity index (χ1n) is 3.49. The van der Waals surface area contributed by atoms with Crippen molar-refractivity contribution >= 4 is 5.97 Å². The monoisotopic (exact) mass is 145 g/mol.